The molecule has 1 saturated heterocycles. The van der Waals surface area contributed by atoms with Crippen molar-refractivity contribution in [2.75, 3.05) is 6.54 Å². The van der Waals surface area contributed by atoms with Gasteiger partial charge >= 0.3 is 0 Å². The van der Waals surface area contributed by atoms with E-state index in [0.717, 1.165) is 12.1 Å². The molecule has 0 bridgehead atoms. The first-order valence-electron chi connectivity index (χ1n) is 6.83. The molecule has 3 rings (SSSR count). The molecule has 2 heterocycles. The van der Waals surface area contributed by atoms with Crippen LogP contribution >= 0.6 is 0 Å². The fourth-order valence-electron chi connectivity index (χ4n) is 3.29. The highest BCUT2D eigenvalue weighted by Crippen LogP contribution is 2.40. The molecule has 1 aromatic heterocycles. The second kappa shape index (κ2) is 4.36. The molecule has 0 amide bonds. The second-order valence-electron chi connectivity index (χ2n) is 5.53. The van der Waals surface area contributed by atoms with Gasteiger partial charge in [-0.3, -0.25) is 4.98 Å². The number of benzene rings is 1. The SMILES string of the molecule is CC(C)C1(c2cccc3ncccc23)CCCN1. The predicted molar refractivity (Wildman–Crippen MR) is 75.5 cm³/mol. The van der Waals surface area contributed by atoms with Gasteiger partial charge in [-0.25, -0.2) is 0 Å². The molecule has 1 aliphatic rings. The number of fused-ring (bicyclic) bond motifs is 1. The third-order valence-electron chi connectivity index (χ3n) is 4.30. The van der Waals surface area contributed by atoms with Crippen molar-refractivity contribution in [3.8, 4) is 0 Å². The lowest BCUT2D eigenvalue weighted by Crippen LogP contribution is -2.41. The predicted octanol–water partition coefficient (Wildman–Crippen LogP) is 3.47. The molecule has 0 aliphatic carbocycles. The highest BCUT2D eigenvalue weighted by Gasteiger charge is 2.39. The molecular weight excluding hydrogens is 220 g/mol. The van der Waals surface area contributed by atoms with Crippen molar-refractivity contribution >= 4 is 10.9 Å². The van der Waals surface area contributed by atoms with Crippen molar-refractivity contribution in [3.05, 3.63) is 42.1 Å². The summed E-state index contributed by atoms with van der Waals surface area (Å²) < 4.78 is 0. The van der Waals surface area contributed by atoms with Crippen molar-refractivity contribution in [1.29, 1.82) is 0 Å². The molecule has 1 aromatic carbocycles. The Morgan fingerprint density at radius 3 is 2.83 bits per heavy atom. The maximum atomic E-state index is 4.48. The molecule has 2 aromatic rings. The number of hydrogen-bond acceptors (Lipinski definition) is 2. The van der Waals surface area contributed by atoms with Crippen molar-refractivity contribution in [3.63, 3.8) is 0 Å². The Bertz CT molecular complexity index is 549. The van der Waals surface area contributed by atoms with Crippen molar-refractivity contribution in [1.82, 2.24) is 10.3 Å². The van der Waals surface area contributed by atoms with Crippen molar-refractivity contribution in [2.24, 2.45) is 5.92 Å². The minimum Gasteiger partial charge on any atom is -0.307 e. The van der Waals surface area contributed by atoms with Crippen LogP contribution in [0.3, 0.4) is 0 Å². The summed E-state index contributed by atoms with van der Waals surface area (Å²) >= 11 is 0. The Morgan fingerprint density at radius 1 is 1.22 bits per heavy atom. The van der Waals surface area contributed by atoms with E-state index in [1.807, 2.05) is 12.3 Å². The normalized spacial score (nSPS) is 23.9. The number of nitrogens with one attached hydrogen (secondary N) is 1. The van der Waals surface area contributed by atoms with Crippen LogP contribution in [0, 0.1) is 5.92 Å². The van der Waals surface area contributed by atoms with E-state index in [2.05, 4.69) is 48.4 Å². The lowest BCUT2D eigenvalue weighted by Gasteiger charge is -2.35. The van der Waals surface area contributed by atoms with Crippen LogP contribution in [0.1, 0.15) is 32.3 Å². The number of nitrogens with zero attached hydrogens (tertiary/aromatic N) is 1. The Morgan fingerprint density at radius 2 is 2.11 bits per heavy atom. The standard InChI is InChI=1S/C16H20N2/c1-12(2)16(9-5-11-18-16)14-7-3-8-15-13(14)6-4-10-17-15/h3-4,6-8,10,12,18H,5,9,11H2,1-2H3. The smallest absolute Gasteiger partial charge is 0.0705 e. The van der Waals surface area contributed by atoms with Gasteiger partial charge in [0.2, 0.25) is 0 Å². The largest absolute Gasteiger partial charge is 0.307 e. The molecular formula is C16H20N2. The lowest BCUT2D eigenvalue weighted by atomic mass is 9.77. The summed E-state index contributed by atoms with van der Waals surface area (Å²) in [5.74, 6) is 0.589. The van der Waals surface area contributed by atoms with Crippen LogP contribution in [0.2, 0.25) is 0 Å². The van der Waals surface area contributed by atoms with E-state index in [4.69, 9.17) is 0 Å². The Hall–Kier alpha value is -1.41. The van der Waals surface area contributed by atoms with Gasteiger partial charge in [-0.1, -0.05) is 32.0 Å². The van der Waals surface area contributed by atoms with Crippen LogP contribution in [-0.2, 0) is 5.54 Å². The van der Waals surface area contributed by atoms with Gasteiger partial charge in [-0.2, -0.15) is 0 Å². The molecule has 1 unspecified atom stereocenters. The average Bonchev–Trinajstić information content (AvgIpc) is 2.88. The van der Waals surface area contributed by atoms with Crippen LogP contribution in [0.15, 0.2) is 36.5 Å². The fraction of sp³-hybridized carbons (Fsp3) is 0.438. The monoisotopic (exact) mass is 240 g/mol. The van der Waals surface area contributed by atoms with Crippen LogP contribution in [0.25, 0.3) is 10.9 Å². The van der Waals surface area contributed by atoms with E-state index in [9.17, 15) is 0 Å². The van der Waals surface area contributed by atoms with E-state index in [0.29, 0.717) is 5.92 Å². The quantitative estimate of drug-likeness (QED) is 0.869. The zero-order chi connectivity index (χ0) is 12.6. The highest BCUT2D eigenvalue weighted by molar-refractivity contribution is 5.83. The first-order chi connectivity index (χ1) is 8.74. The van der Waals surface area contributed by atoms with Crippen LogP contribution in [0.4, 0.5) is 0 Å². The number of aromatic nitrogens is 1. The minimum atomic E-state index is 0.128. The molecule has 94 valence electrons. The van der Waals surface area contributed by atoms with Gasteiger partial charge in [-0.15, -0.1) is 0 Å². The summed E-state index contributed by atoms with van der Waals surface area (Å²) in [6.45, 7) is 5.75. The maximum Gasteiger partial charge on any atom is 0.0705 e. The maximum absolute atomic E-state index is 4.48. The molecule has 1 N–H and O–H groups in total. The van der Waals surface area contributed by atoms with E-state index >= 15 is 0 Å². The van der Waals surface area contributed by atoms with Gasteiger partial charge in [0.05, 0.1) is 5.52 Å². The fourth-order valence-corrected chi connectivity index (χ4v) is 3.29. The summed E-state index contributed by atoms with van der Waals surface area (Å²) in [6.07, 6.45) is 4.35. The topological polar surface area (TPSA) is 24.9 Å². The Labute approximate surface area is 108 Å². The molecule has 2 nitrogen and oxygen atoms in total. The number of pyridine rings is 1. The van der Waals surface area contributed by atoms with Crippen molar-refractivity contribution < 1.29 is 0 Å². The number of rotatable bonds is 2. The molecule has 1 atom stereocenters. The summed E-state index contributed by atoms with van der Waals surface area (Å²) in [5.41, 5.74) is 2.65. The first-order valence-corrected chi connectivity index (χ1v) is 6.83. The molecule has 2 heteroatoms. The second-order valence-corrected chi connectivity index (χ2v) is 5.53. The zero-order valence-electron chi connectivity index (χ0n) is 11.1. The van der Waals surface area contributed by atoms with E-state index in [1.165, 1.54) is 23.8 Å². The summed E-state index contributed by atoms with van der Waals surface area (Å²) in [6, 6.07) is 10.7. The van der Waals surface area contributed by atoms with Gasteiger partial charge in [0.1, 0.15) is 0 Å². The van der Waals surface area contributed by atoms with Gasteiger partial charge in [0.15, 0.2) is 0 Å². The molecule has 0 radical (unpaired) electrons. The van der Waals surface area contributed by atoms with Crippen LogP contribution in [0.5, 0.6) is 0 Å². The number of hydrogen-bond donors (Lipinski definition) is 1. The molecule has 0 spiro atoms. The molecule has 1 fully saturated rings. The van der Waals surface area contributed by atoms with E-state index < -0.39 is 0 Å². The molecule has 1 aliphatic heterocycles. The Balaban J connectivity index is 2.24. The third-order valence-corrected chi connectivity index (χ3v) is 4.30. The van der Waals surface area contributed by atoms with Gasteiger partial charge in [0.25, 0.3) is 0 Å². The lowest BCUT2D eigenvalue weighted by molar-refractivity contribution is 0.280. The highest BCUT2D eigenvalue weighted by atomic mass is 15.0. The summed E-state index contributed by atoms with van der Waals surface area (Å²) in [5, 5.41) is 5.04. The van der Waals surface area contributed by atoms with Crippen LogP contribution < -0.4 is 5.32 Å². The van der Waals surface area contributed by atoms with Crippen LogP contribution in [-0.4, -0.2) is 11.5 Å². The van der Waals surface area contributed by atoms with E-state index in [1.54, 1.807) is 0 Å². The van der Waals surface area contributed by atoms with E-state index in [-0.39, 0.29) is 5.54 Å². The molecule has 0 saturated carbocycles. The summed E-state index contributed by atoms with van der Waals surface area (Å²) in [4.78, 5) is 4.48. The summed E-state index contributed by atoms with van der Waals surface area (Å²) in [7, 11) is 0. The van der Waals surface area contributed by atoms with Gasteiger partial charge in [-0.05, 0) is 43.0 Å². The first kappa shape index (κ1) is 11.7. The van der Waals surface area contributed by atoms with Crippen molar-refractivity contribution in [2.45, 2.75) is 32.2 Å². The van der Waals surface area contributed by atoms with Gasteiger partial charge < -0.3 is 5.32 Å². The third kappa shape index (κ3) is 1.64. The average molecular weight is 240 g/mol. The zero-order valence-corrected chi connectivity index (χ0v) is 11.1. The minimum absolute atomic E-state index is 0.128. The Kier molecular flexibility index (Phi) is 2.83. The molecule has 18 heavy (non-hydrogen) atoms. The van der Waals surface area contributed by atoms with Gasteiger partial charge in [0, 0.05) is 17.1 Å².